The quantitative estimate of drug-likeness (QED) is 0.541. The van der Waals surface area contributed by atoms with Crippen molar-refractivity contribution in [3.63, 3.8) is 0 Å². The summed E-state index contributed by atoms with van der Waals surface area (Å²) in [6.07, 6.45) is 3.19. The number of nitrogens with zero attached hydrogens (tertiary/aromatic N) is 3. The summed E-state index contributed by atoms with van der Waals surface area (Å²) in [6, 6.07) is 16.4. The van der Waals surface area contributed by atoms with Gasteiger partial charge in [-0.2, -0.15) is 5.11 Å². The fourth-order valence-corrected chi connectivity index (χ4v) is 2.46. The van der Waals surface area contributed by atoms with Crippen molar-refractivity contribution in [1.82, 2.24) is 4.57 Å². The van der Waals surface area contributed by atoms with Gasteiger partial charge in [0.2, 0.25) is 0 Å². The van der Waals surface area contributed by atoms with Crippen LogP contribution in [-0.4, -0.2) is 4.57 Å². The van der Waals surface area contributed by atoms with Gasteiger partial charge >= 0.3 is 0 Å². The van der Waals surface area contributed by atoms with Gasteiger partial charge in [-0.3, -0.25) is 0 Å². The lowest BCUT2D eigenvalue weighted by Gasteiger charge is -2.00. The Labute approximate surface area is 124 Å². The third-order valence-corrected chi connectivity index (χ3v) is 3.54. The molecule has 0 aliphatic carbocycles. The van der Waals surface area contributed by atoms with Crippen LogP contribution in [0.1, 0.15) is 18.9 Å². The Morgan fingerprint density at radius 3 is 2.48 bits per heavy atom. The van der Waals surface area contributed by atoms with Crippen molar-refractivity contribution in [2.24, 2.45) is 10.2 Å². The Morgan fingerprint density at radius 1 is 0.952 bits per heavy atom. The average Bonchev–Trinajstić information content (AvgIpc) is 2.86. The summed E-state index contributed by atoms with van der Waals surface area (Å²) < 4.78 is 2.25. The van der Waals surface area contributed by atoms with Crippen molar-refractivity contribution in [3.8, 4) is 0 Å². The number of azo groups is 1. The van der Waals surface area contributed by atoms with E-state index in [-0.39, 0.29) is 0 Å². The van der Waals surface area contributed by atoms with E-state index in [1.807, 2.05) is 18.2 Å². The zero-order chi connectivity index (χ0) is 14.7. The van der Waals surface area contributed by atoms with Crippen molar-refractivity contribution in [2.45, 2.75) is 26.8 Å². The van der Waals surface area contributed by atoms with Crippen molar-refractivity contribution in [3.05, 3.63) is 60.3 Å². The lowest BCUT2D eigenvalue weighted by molar-refractivity contribution is 0.703. The van der Waals surface area contributed by atoms with Crippen LogP contribution in [0.5, 0.6) is 0 Å². The fourth-order valence-electron chi connectivity index (χ4n) is 2.46. The van der Waals surface area contributed by atoms with Gasteiger partial charge in [-0.1, -0.05) is 42.8 Å². The van der Waals surface area contributed by atoms with Gasteiger partial charge in [-0.25, -0.2) is 0 Å². The van der Waals surface area contributed by atoms with Crippen LogP contribution in [0.3, 0.4) is 0 Å². The van der Waals surface area contributed by atoms with Crippen LogP contribution in [0.2, 0.25) is 0 Å². The third-order valence-electron chi connectivity index (χ3n) is 3.54. The summed E-state index contributed by atoms with van der Waals surface area (Å²) in [5, 5.41) is 9.95. The molecule has 0 N–H and O–H groups in total. The van der Waals surface area contributed by atoms with E-state index in [4.69, 9.17) is 0 Å². The van der Waals surface area contributed by atoms with Gasteiger partial charge < -0.3 is 4.57 Å². The van der Waals surface area contributed by atoms with Crippen LogP contribution < -0.4 is 0 Å². The molecule has 0 aliphatic rings. The first-order chi connectivity index (χ1) is 10.3. The van der Waals surface area contributed by atoms with E-state index in [1.54, 1.807) is 0 Å². The first-order valence-electron chi connectivity index (χ1n) is 7.34. The molecule has 0 radical (unpaired) electrons. The van der Waals surface area contributed by atoms with Gasteiger partial charge in [0.05, 0.1) is 11.2 Å². The Hall–Kier alpha value is -2.42. The molecule has 21 heavy (non-hydrogen) atoms. The molecule has 0 bridgehead atoms. The first-order valence-corrected chi connectivity index (χ1v) is 7.34. The van der Waals surface area contributed by atoms with Gasteiger partial charge in [-0.05, 0) is 31.5 Å². The molecule has 3 heteroatoms. The Morgan fingerprint density at radius 2 is 1.71 bits per heavy atom. The largest absolute Gasteiger partial charge is 0.345 e. The smallest absolute Gasteiger partial charge is 0.111 e. The van der Waals surface area contributed by atoms with Crippen LogP contribution >= 0.6 is 0 Å². The normalized spacial score (nSPS) is 11.5. The molecule has 1 heterocycles. The lowest BCUT2D eigenvalue weighted by atomic mass is 10.2. The van der Waals surface area contributed by atoms with Gasteiger partial charge in [-0.15, -0.1) is 5.11 Å². The maximum absolute atomic E-state index is 4.44. The van der Waals surface area contributed by atoms with Gasteiger partial charge in [0.25, 0.3) is 0 Å². The standard InChI is InChI=1S/C18H19N3/c1-3-12-21-13-17(16-6-4-5-7-18(16)21)20-19-15-10-8-14(2)9-11-15/h4-11,13H,3,12H2,1-2H3. The van der Waals surface area contributed by atoms with E-state index >= 15 is 0 Å². The monoisotopic (exact) mass is 277 g/mol. The van der Waals surface area contributed by atoms with Gasteiger partial charge in [0.1, 0.15) is 5.69 Å². The molecule has 0 aliphatic heterocycles. The summed E-state index contributed by atoms with van der Waals surface area (Å²) >= 11 is 0. The molecule has 0 amide bonds. The molecule has 0 unspecified atom stereocenters. The van der Waals surface area contributed by atoms with Crippen molar-refractivity contribution in [1.29, 1.82) is 0 Å². The molecule has 0 saturated carbocycles. The average molecular weight is 277 g/mol. The summed E-state index contributed by atoms with van der Waals surface area (Å²) in [4.78, 5) is 0. The number of rotatable bonds is 4. The SMILES string of the molecule is CCCn1cc(N=Nc2ccc(C)cc2)c2ccccc21. The number of hydrogen-bond donors (Lipinski definition) is 0. The Bertz CT molecular complexity index is 767. The van der Waals surface area contributed by atoms with E-state index < -0.39 is 0 Å². The highest BCUT2D eigenvalue weighted by atomic mass is 15.1. The molecule has 0 atom stereocenters. The Balaban J connectivity index is 1.98. The highest BCUT2D eigenvalue weighted by molar-refractivity contribution is 5.91. The second-order valence-corrected chi connectivity index (χ2v) is 5.26. The zero-order valence-electron chi connectivity index (χ0n) is 12.5. The molecule has 3 nitrogen and oxygen atoms in total. The van der Waals surface area contributed by atoms with Crippen LogP contribution in [0.15, 0.2) is 65.0 Å². The predicted molar refractivity (Wildman–Crippen MR) is 87.6 cm³/mol. The molecular formula is C18H19N3. The molecule has 1 aromatic heterocycles. The number of benzene rings is 2. The molecule has 0 fully saturated rings. The van der Waals surface area contributed by atoms with E-state index in [0.717, 1.165) is 29.7 Å². The van der Waals surface area contributed by atoms with Crippen LogP contribution in [0.4, 0.5) is 11.4 Å². The molecule has 0 spiro atoms. The number of aromatic nitrogens is 1. The minimum absolute atomic E-state index is 0.882. The summed E-state index contributed by atoms with van der Waals surface area (Å²) in [7, 11) is 0. The van der Waals surface area contributed by atoms with Crippen LogP contribution in [0.25, 0.3) is 10.9 Å². The highest BCUT2D eigenvalue weighted by Crippen LogP contribution is 2.30. The van der Waals surface area contributed by atoms with Crippen molar-refractivity contribution >= 4 is 22.3 Å². The second kappa shape index (κ2) is 5.92. The molecule has 3 rings (SSSR count). The second-order valence-electron chi connectivity index (χ2n) is 5.26. The van der Waals surface area contributed by atoms with Crippen molar-refractivity contribution in [2.75, 3.05) is 0 Å². The minimum atomic E-state index is 0.882. The fraction of sp³-hybridized carbons (Fsp3) is 0.222. The van der Waals surface area contributed by atoms with Gasteiger partial charge in [0.15, 0.2) is 0 Å². The first kappa shape index (κ1) is 13.6. The highest BCUT2D eigenvalue weighted by Gasteiger charge is 2.06. The predicted octanol–water partition coefficient (Wildman–Crippen LogP) is 5.78. The molecule has 3 aromatic rings. The number of fused-ring (bicyclic) bond motifs is 1. The number of hydrogen-bond acceptors (Lipinski definition) is 2. The topological polar surface area (TPSA) is 29.6 Å². The van der Waals surface area contributed by atoms with E-state index in [1.165, 1.54) is 11.1 Å². The van der Waals surface area contributed by atoms with E-state index in [2.05, 4.69) is 65.2 Å². The summed E-state index contributed by atoms with van der Waals surface area (Å²) in [5.41, 5.74) is 4.26. The molecular weight excluding hydrogens is 258 g/mol. The van der Waals surface area contributed by atoms with E-state index in [0.29, 0.717) is 0 Å². The van der Waals surface area contributed by atoms with Crippen LogP contribution in [-0.2, 0) is 6.54 Å². The number of aryl methyl sites for hydroxylation is 2. The maximum Gasteiger partial charge on any atom is 0.111 e. The maximum atomic E-state index is 4.44. The Kier molecular flexibility index (Phi) is 3.82. The zero-order valence-corrected chi connectivity index (χ0v) is 12.5. The summed E-state index contributed by atoms with van der Waals surface area (Å²) in [6.45, 7) is 5.25. The molecule has 106 valence electrons. The van der Waals surface area contributed by atoms with Crippen LogP contribution in [0, 0.1) is 6.92 Å². The minimum Gasteiger partial charge on any atom is -0.345 e. The molecule has 2 aromatic carbocycles. The summed E-state index contributed by atoms with van der Waals surface area (Å²) in [5.74, 6) is 0. The van der Waals surface area contributed by atoms with E-state index in [9.17, 15) is 0 Å². The van der Waals surface area contributed by atoms with Gasteiger partial charge in [0, 0.05) is 18.1 Å². The lowest BCUT2D eigenvalue weighted by Crippen LogP contribution is -1.92. The third kappa shape index (κ3) is 2.87. The molecule has 0 saturated heterocycles. The number of para-hydroxylation sites is 1. The van der Waals surface area contributed by atoms with Crippen molar-refractivity contribution < 1.29 is 0 Å².